The third-order valence-electron chi connectivity index (χ3n) is 3.77. The molecule has 1 N–H and O–H groups in total. The second-order valence-corrected chi connectivity index (χ2v) is 5.55. The van der Waals surface area contributed by atoms with Gasteiger partial charge in [-0.2, -0.15) is 0 Å². The van der Waals surface area contributed by atoms with Gasteiger partial charge < -0.3 is 4.74 Å². The molecule has 0 aliphatic carbocycles. The topological polar surface area (TPSA) is 112 Å². The number of carbonyl (C=O) groups excluding carboxylic acids is 1. The second-order valence-electron chi connectivity index (χ2n) is 5.55. The SMILES string of the molecule is CCOC(=O)/C(=N/Nc1ccc([N+](=O)[O-])cc1)n1c(C)nc2ccccc21. The van der Waals surface area contributed by atoms with E-state index in [4.69, 9.17) is 4.74 Å². The van der Waals surface area contributed by atoms with Crippen molar-refractivity contribution in [3.05, 3.63) is 64.5 Å². The van der Waals surface area contributed by atoms with Crippen LogP contribution in [0.3, 0.4) is 0 Å². The highest BCUT2D eigenvalue weighted by Gasteiger charge is 2.21. The maximum Gasteiger partial charge on any atom is 0.376 e. The van der Waals surface area contributed by atoms with Crippen molar-refractivity contribution >= 4 is 34.2 Å². The molecule has 0 atom stereocenters. The molecule has 1 aromatic heterocycles. The first-order chi connectivity index (χ1) is 13.0. The normalized spacial score (nSPS) is 11.4. The number of hydrogen-bond donors (Lipinski definition) is 1. The van der Waals surface area contributed by atoms with E-state index in [2.05, 4.69) is 15.5 Å². The molecule has 0 unspecified atom stereocenters. The Morgan fingerprint density at radius 3 is 2.63 bits per heavy atom. The zero-order valence-corrected chi connectivity index (χ0v) is 14.7. The van der Waals surface area contributed by atoms with Crippen LogP contribution < -0.4 is 5.43 Å². The van der Waals surface area contributed by atoms with E-state index in [1.165, 1.54) is 24.3 Å². The average molecular weight is 367 g/mol. The molecule has 9 heteroatoms. The fraction of sp³-hybridized carbons (Fsp3) is 0.167. The van der Waals surface area contributed by atoms with Gasteiger partial charge in [-0.3, -0.25) is 20.1 Å². The fourth-order valence-electron chi connectivity index (χ4n) is 2.57. The Balaban J connectivity index is 2.00. The Kier molecular flexibility index (Phi) is 5.11. The Hall–Kier alpha value is -3.75. The number of hydrogen-bond acceptors (Lipinski definition) is 7. The van der Waals surface area contributed by atoms with Gasteiger partial charge in [0.15, 0.2) is 0 Å². The molecule has 3 aromatic rings. The number of aryl methyl sites for hydroxylation is 1. The number of ether oxygens (including phenoxy) is 1. The van der Waals surface area contributed by atoms with Crippen molar-refractivity contribution in [3.63, 3.8) is 0 Å². The summed E-state index contributed by atoms with van der Waals surface area (Å²) in [7, 11) is 0. The van der Waals surface area contributed by atoms with E-state index < -0.39 is 10.9 Å². The minimum absolute atomic E-state index is 0.0152. The van der Waals surface area contributed by atoms with Crippen LogP contribution in [0.15, 0.2) is 53.6 Å². The minimum Gasteiger partial charge on any atom is -0.460 e. The summed E-state index contributed by atoms with van der Waals surface area (Å²) in [4.78, 5) is 27.2. The van der Waals surface area contributed by atoms with Gasteiger partial charge in [-0.05, 0) is 38.1 Å². The van der Waals surface area contributed by atoms with Crippen molar-refractivity contribution in [2.75, 3.05) is 12.0 Å². The summed E-state index contributed by atoms with van der Waals surface area (Å²) < 4.78 is 6.73. The lowest BCUT2D eigenvalue weighted by molar-refractivity contribution is -0.384. The van der Waals surface area contributed by atoms with Crippen LogP contribution in [0.5, 0.6) is 0 Å². The molecule has 0 fully saturated rings. The molecule has 138 valence electrons. The highest BCUT2D eigenvalue weighted by molar-refractivity contribution is 6.37. The quantitative estimate of drug-likeness (QED) is 0.249. The number of non-ortho nitro benzene ring substituents is 1. The van der Waals surface area contributed by atoms with Gasteiger partial charge in [-0.15, -0.1) is 5.10 Å². The van der Waals surface area contributed by atoms with Crippen LogP contribution in [-0.4, -0.2) is 32.9 Å². The number of para-hydroxylation sites is 2. The maximum atomic E-state index is 12.5. The molecule has 0 aliphatic rings. The molecule has 0 saturated heterocycles. The van der Waals surface area contributed by atoms with Gasteiger partial charge in [0.05, 0.1) is 28.3 Å². The molecule has 2 aromatic carbocycles. The summed E-state index contributed by atoms with van der Waals surface area (Å²) in [6.45, 7) is 3.67. The first-order valence-electron chi connectivity index (χ1n) is 8.21. The van der Waals surface area contributed by atoms with E-state index in [-0.39, 0.29) is 18.1 Å². The zero-order valence-electron chi connectivity index (χ0n) is 14.7. The lowest BCUT2D eigenvalue weighted by atomic mass is 10.3. The highest BCUT2D eigenvalue weighted by atomic mass is 16.6. The van der Waals surface area contributed by atoms with Crippen molar-refractivity contribution < 1.29 is 14.5 Å². The molecular weight excluding hydrogens is 350 g/mol. The Labute approximate surface area is 154 Å². The molecule has 3 rings (SSSR count). The van der Waals surface area contributed by atoms with Gasteiger partial charge in [0, 0.05) is 12.1 Å². The lowest BCUT2D eigenvalue weighted by Gasteiger charge is -2.10. The fourth-order valence-corrected chi connectivity index (χ4v) is 2.57. The van der Waals surface area contributed by atoms with Crippen molar-refractivity contribution in [2.45, 2.75) is 13.8 Å². The third-order valence-corrected chi connectivity index (χ3v) is 3.77. The number of fused-ring (bicyclic) bond motifs is 1. The van der Waals surface area contributed by atoms with E-state index in [1.807, 2.05) is 24.3 Å². The number of rotatable bonds is 4. The van der Waals surface area contributed by atoms with Crippen LogP contribution in [0.2, 0.25) is 0 Å². The van der Waals surface area contributed by atoms with E-state index in [1.54, 1.807) is 18.4 Å². The Bertz CT molecular complexity index is 1020. The second kappa shape index (κ2) is 7.65. The van der Waals surface area contributed by atoms with Gasteiger partial charge in [0.2, 0.25) is 5.84 Å². The van der Waals surface area contributed by atoms with Gasteiger partial charge >= 0.3 is 5.97 Å². The first kappa shape index (κ1) is 18.1. The summed E-state index contributed by atoms with van der Waals surface area (Å²) in [5.41, 5.74) is 4.64. The molecule has 1 heterocycles. The maximum absolute atomic E-state index is 12.5. The average Bonchev–Trinajstić information content (AvgIpc) is 2.98. The van der Waals surface area contributed by atoms with Crippen LogP contribution in [0.1, 0.15) is 12.7 Å². The number of hydrazone groups is 1. The van der Waals surface area contributed by atoms with E-state index in [0.29, 0.717) is 17.0 Å². The van der Waals surface area contributed by atoms with Crippen LogP contribution in [0.25, 0.3) is 11.0 Å². The van der Waals surface area contributed by atoms with Gasteiger partial charge in [0.25, 0.3) is 5.69 Å². The molecule has 0 spiro atoms. The standard InChI is InChI=1S/C18H17N5O4/c1-3-27-18(24)17(21-20-13-8-10-14(11-9-13)23(25)26)22-12(2)19-15-6-4-5-7-16(15)22/h4-11,20H,3H2,1-2H3/b21-17-. The van der Waals surface area contributed by atoms with Gasteiger partial charge in [-0.1, -0.05) is 12.1 Å². The largest absolute Gasteiger partial charge is 0.460 e. The Morgan fingerprint density at radius 2 is 1.96 bits per heavy atom. The highest BCUT2D eigenvalue weighted by Crippen LogP contribution is 2.18. The number of nitrogens with one attached hydrogen (secondary N) is 1. The summed E-state index contributed by atoms with van der Waals surface area (Å²) in [5.74, 6) is -0.0203. The number of nitro groups is 1. The monoisotopic (exact) mass is 367 g/mol. The third kappa shape index (κ3) is 3.76. The summed E-state index contributed by atoms with van der Waals surface area (Å²) in [6, 6.07) is 13.1. The number of benzene rings is 2. The molecular formula is C18H17N5O4. The summed E-state index contributed by atoms with van der Waals surface area (Å²) in [5, 5.41) is 14.9. The van der Waals surface area contributed by atoms with Gasteiger partial charge in [0.1, 0.15) is 5.82 Å². The van der Waals surface area contributed by atoms with Gasteiger partial charge in [-0.25, -0.2) is 9.78 Å². The predicted molar refractivity (Wildman–Crippen MR) is 101 cm³/mol. The van der Waals surface area contributed by atoms with Crippen molar-refractivity contribution in [3.8, 4) is 0 Å². The smallest absolute Gasteiger partial charge is 0.376 e. The minimum atomic E-state index is -0.613. The number of esters is 1. The van der Waals surface area contributed by atoms with Crippen LogP contribution >= 0.6 is 0 Å². The number of aromatic nitrogens is 2. The van der Waals surface area contributed by atoms with Crippen molar-refractivity contribution in [2.24, 2.45) is 5.10 Å². The molecule has 9 nitrogen and oxygen atoms in total. The Morgan fingerprint density at radius 1 is 1.26 bits per heavy atom. The number of carbonyl (C=O) groups is 1. The summed E-state index contributed by atoms with van der Waals surface area (Å²) >= 11 is 0. The molecule has 0 amide bonds. The van der Waals surface area contributed by atoms with Crippen LogP contribution in [-0.2, 0) is 9.53 Å². The van der Waals surface area contributed by atoms with E-state index >= 15 is 0 Å². The number of nitrogens with zero attached hydrogens (tertiary/aromatic N) is 4. The molecule has 0 radical (unpaired) electrons. The molecule has 0 bridgehead atoms. The number of imidazole rings is 1. The number of nitro benzene ring substituents is 1. The zero-order chi connectivity index (χ0) is 19.4. The predicted octanol–water partition coefficient (Wildman–Crippen LogP) is 3.09. The van der Waals surface area contributed by atoms with Crippen LogP contribution in [0.4, 0.5) is 11.4 Å². The van der Waals surface area contributed by atoms with Crippen LogP contribution in [0, 0.1) is 17.0 Å². The molecule has 0 aliphatic heterocycles. The van der Waals surface area contributed by atoms with E-state index in [9.17, 15) is 14.9 Å². The molecule has 0 saturated carbocycles. The van der Waals surface area contributed by atoms with E-state index in [0.717, 1.165) is 5.52 Å². The number of anilines is 1. The first-order valence-corrected chi connectivity index (χ1v) is 8.21. The lowest BCUT2D eigenvalue weighted by Crippen LogP contribution is -2.27. The molecule has 27 heavy (non-hydrogen) atoms. The van der Waals surface area contributed by atoms with Crippen molar-refractivity contribution in [1.82, 2.24) is 9.55 Å². The summed E-state index contributed by atoms with van der Waals surface area (Å²) in [6.07, 6.45) is 0. The van der Waals surface area contributed by atoms with Crippen molar-refractivity contribution in [1.29, 1.82) is 0 Å².